The Balaban J connectivity index is 2.80. The molecule has 0 aromatic carbocycles. The minimum Gasteiger partial charge on any atom is -0.374 e. The number of ether oxygens (including phenoxy) is 1. The monoisotopic (exact) mass is 333 g/mol. The van der Waals surface area contributed by atoms with Gasteiger partial charge in [0.2, 0.25) is 0 Å². The van der Waals surface area contributed by atoms with E-state index in [9.17, 15) is 0 Å². The summed E-state index contributed by atoms with van der Waals surface area (Å²) in [6, 6.07) is 2.56. The van der Waals surface area contributed by atoms with E-state index in [1.54, 1.807) is 11.3 Å². The van der Waals surface area contributed by atoms with Crippen LogP contribution in [-0.4, -0.2) is 24.8 Å². The van der Waals surface area contributed by atoms with Gasteiger partial charge in [0.1, 0.15) is 0 Å². The summed E-state index contributed by atoms with van der Waals surface area (Å²) in [6.07, 6.45) is 2.04. The van der Waals surface area contributed by atoms with Gasteiger partial charge in [0, 0.05) is 27.4 Å². The standard InChI is InChI=1S/C14H24BrNOS/c1-5-14(4,17-7-3)13(16-6-2)9-12-8-11(15)10-18-12/h8,10,13,16H,5-7,9H2,1-4H3. The molecule has 1 rings (SSSR count). The molecule has 1 aromatic heterocycles. The predicted molar refractivity (Wildman–Crippen MR) is 83.5 cm³/mol. The molecular weight excluding hydrogens is 310 g/mol. The van der Waals surface area contributed by atoms with E-state index < -0.39 is 0 Å². The van der Waals surface area contributed by atoms with Crippen LogP contribution in [0.4, 0.5) is 0 Å². The number of rotatable bonds is 8. The maximum Gasteiger partial charge on any atom is 0.0807 e. The first-order valence-corrected chi connectivity index (χ1v) is 8.33. The second kappa shape index (κ2) is 7.63. The summed E-state index contributed by atoms with van der Waals surface area (Å²) in [4.78, 5) is 1.40. The molecule has 0 saturated heterocycles. The van der Waals surface area contributed by atoms with E-state index in [0.717, 1.165) is 26.0 Å². The molecular formula is C14H24BrNOS. The first-order valence-electron chi connectivity index (χ1n) is 6.66. The van der Waals surface area contributed by atoms with Crippen LogP contribution in [0.3, 0.4) is 0 Å². The summed E-state index contributed by atoms with van der Waals surface area (Å²) in [6.45, 7) is 10.4. The Morgan fingerprint density at radius 3 is 2.61 bits per heavy atom. The Labute approximate surface area is 123 Å². The highest BCUT2D eigenvalue weighted by Crippen LogP contribution is 2.27. The van der Waals surface area contributed by atoms with Crippen LogP contribution >= 0.6 is 27.3 Å². The molecule has 104 valence electrons. The molecule has 2 unspecified atom stereocenters. The number of hydrogen-bond acceptors (Lipinski definition) is 3. The van der Waals surface area contributed by atoms with E-state index in [2.05, 4.69) is 60.4 Å². The number of nitrogens with one attached hydrogen (secondary N) is 1. The van der Waals surface area contributed by atoms with E-state index >= 15 is 0 Å². The van der Waals surface area contributed by atoms with Crippen molar-refractivity contribution in [1.29, 1.82) is 0 Å². The van der Waals surface area contributed by atoms with Gasteiger partial charge in [-0.1, -0.05) is 13.8 Å². The lowest BCUT2D eigenvalue weighted by molar-refractivity contribution is -0.0545. The van der Waals surface area contributed by atoms with E-state index in [4.69, 9.17) is 4.74 Å². The Kier molecular flexibility index (Phi) is 6.85. The van der Waals surface area contributed by atoms with E-state index in [1.807, 2.05) is 0 Å². The van der Waals surface area contributed by atoms with Gasteiger partial charge >= 0.3 is 0 Å². The van der Waals surface area contributed by atoms with Crippen molar-refractivity contribution in [2.45, 2.75) is 52.2 Å². The fraction of sp³-hybridized carbons (Fsp3) is 0.714. The highest BCUT2D eigenvalue weighted by molar-refractivity contribution is 9.10. The number of hydrogen-bond donors (Lipinski definition) is 1. The van der Waals surface area contributed by atoms with Gasteiger partial charge in [-0.05, 0) is 55.2 Å². The van der Waals surface area contributed by atoms with Gasteiger partial charge in [0.25, 0.3) is 0 Å². The minimum atomic E-state index is -0.0960. The molecule has 0 amide bonds. The van der Waals surface area contributed by atoms with Crippen LogP contribution in [-0.2, 0) is 11.2 Å². The third kappa shape index (κ3) is 4.34. The minimum absolute atomic E-state index is 0.0960. The maximum atomic E-state index is 6.00. The molecule has 2 nitrogen and oxygen atoms in total. The van der Waals surface area contributed by atoms with Gasteiger partial charge in [0.05, 0.1) is 5.60 Å². The van der Waals surface area contributed by atoms with Crippen LogP contribution in [0, 0.1) is 0 Å². The molecule has 1 heterocycles. The molecule has 0 bridgehead atoms. The fourth-order valence-corrected chi connectivity index (χ4v) is 3.69. The van der Waals surface area contributed by atoms with Gasteiger partial charge in [-0.3, -0.25) is 0 Å². The molecule has 0 aliphatic heterocycles. The summed E-state index contributed by atoms with van der Waals surface area (Å²) in [5.74, 6) is 0. The van der Waals surface area contributed by atoms with E-state index in [0.29, 0.717) is 6.04 Å². The summed E-state index contributed by atoms with van der Waals surface area (Å²) < 4.78 is 7.18. The average molecular weight is 334 g/mol. The summed E-state index contributed by atoms with van der Waals surface area (Å²) in [5.41, 5.74) is -0.0960. The normalized spacial score (nSPS) is 16.5. The molecule has 1 N–H and O–H groups in total. The van der Waals surface area contributed by atoms with Crippen molar-refractivity contribution in [2.75, 3.05) is 13.2 Å². The molecule has 4 heteroatoms. The van der Waals surface area contributed by atoms with Crippen LogP contribution in [0.15, 0.2) is 15.9 Å². The highest BCUT2D eigenvalue weighted by Gasteiger charge is 2.33. The van der Waals surface area contributed by atoms with Gasteiger partial charge in [-0.25, -0.2) is 0 Å². The lowest BCUT2D eigenvalue weighted by Crippen LogP contribution is -2.51. The Morgan fingerprint density at radius 2 is 2.17 bits per heavy atom. The average Bonchev–Trinajstić information content (AvgIpc) is 2.74. The van der Waals surface area contributed by atoms with E-state index in [1.165, 1.54) is 9.35 Å². The SMILES string of the molecule is CCNC(Cc1cc(Br)cs1)C(C)(CC)OCC. The molecule has 0 fully saturated rings. The first-order chi connectivity index (χ1) is 8.55. The van der Waals surface area contributed by atoms with Crippen LogP contribution < -0.4 is 5.32 Å². The zero-order chi connectivity index (χ0) is 13.6. The zero-order valence-electron chi connectivity index (χ0n) is 11.8. The summed E-state index contributed by atoms with van der Waals surface area (Å²) >= 11 is 5.32. The molecule has 1 aromatic rings. The smallest absolute Gasteiger partial charge is 0.0807 e. The lowest BCUT2D eigenvalue weighted by Gasteiger charge is -2.37. The second-order valence-electron chi connectivity index (χ2n) is 4.64. The van der Waals surface area contributed by atoms with Gasteiger partial charge in [-0.2, -0.15) is 0 Å². The third-order valence-corrected chi connectivity index (χ3v) is 5.11. The first kappa shape index (κ1) is 16.2. The maximum absolute atomic E-state index is 6.00. The quantitative estimate of drug-likeness (QED) is 0.768. The Hall–Kier alpha value is 0.1000. The van der Waals surface area contributed by atoms with Crippen LogP contribution in [0.25, 0.3) is 0 Å². The van der Waals surface area contributed by atoms with Crippen molar-refractivity contribution in [3.05, 3.63) is 20.8 Å². The van der Waals surface area contributed by atoms with Crippen LogP contribution in [0.5, 0.6) is 0 Å². The van der Waals surface area contributed by atoms with Crippen molar-refractivity contribution in [1.82, 2.24) is 5.32 Å². The van der Waals surface area contributed by atoms with Crippen LogP contribution in [0.1, 0.15) is 39.0 Å². The Morgan fingerprint density at radius 1 is 1.44 bits per heavy atom. The molecule has 0 spiro atoms. The van der Waals surface area contributed by atoms with Gasteiger partial charge < -0.3 is 10.1 Å². The van der Waals surface area contributed by atoms with Gasteiger partial charge in [0.15, 0.2) is 0 Å². The second-order valence-corrected chi connectivity index (χ2v) is 6.56. The van der Waals surface area contributed by atoms with Gasteiger partial charge in [-0.15, -0.1) is 11.3 Å². The van der Waals surface area contributed by atoms with Crippen molar-refractivity contribution in [2.24, 2.45) is 0 Å². The largest absolute Gasteiger partial charge is 0.374 e. The number of likely N-dealkylation sites (N-methyl/N-ethyl adjacent to an activating group) is 1. The molecule has 0 aliphatic rings. The van der Waals surface area contributed by atoms with Crippen molar-refractivity contribution in [3.63, 3.8) is 0 Å². The van der Waals surface area contributed by atoms with Crippen LogP contribution in [0.2, 0.25) is 0 Å². The molecule has 2 atom stereocenters. The molecule has 18 heavy (non-hydrogen) atoms. The zero-order valence-corrected chi connectivity index (χ0v) is 14.2. The van der Waals surface area contributed by atoms with E-state index in [-0.39, 0.29) is 5.60 Å². The topological polar surface area (TPSA) is 21.3 Å². The van der Waals surface area contributed by atoms with Crippen molar-refractivity contribution in [3.8, 4) is 0 Å². The molecule has 0 radical (unpaired) electrons. The highest BCUT2D eigenvalue weighted by atomic mass is 79.9. The van der Waals surface area contributed by atoms with Crippen molar-refractivity contribution >= 4 is 27.3 Å². The number of thiophene rings is 1. The number of halogens is 1. The summed E-state index contributed by atoms with van der Waals surface area (Å²) in [7, 11) is 0. The summed E-state index contributed by atoms with van der Waals surface area (Å²) in [5, 5.41) is 5.72. The fourth-order valence-electron chi connectivity index (χ4n) is 2.19. The molecule has 0 aliphatic carbocycles. The molecule has 0 saturated carbocycles. The third-order valence-electron chi connectivity index (χ3n) is 3.39. The van der Waals surface area contributed by atoms with Crippen molar-refractivity contribution < 1.29 is 4.74 Å². The Bertz CT molecular complexity index is 355. The predicted octanol–water partition coefficient (Wildman–Crippen LogP) is 4.24. The lowest BCUT2D eigenvalue weighted by atomic mass is 9.90.